The third-order valence-electron chi connectivity index (χ3n) is 28.2. The highest BCUT2D eigenvalue weighted by atomic mass is 16.7. The lowest BCUT2D eigenvalue weighted by molar-refractivity contribution is -0.232. The van der Waals surface area contributed by atoms with Crippen molar-refractivity contribution in [1.82, 2.24) is 20.1 Å². The summed E-state index contributed by atoms with van der Waals surface area (Å²) in [5.41, 5.74) is 36.5. The number of ether oxygens (including phenoxy) is 6. The molecule has 0 bridgehead atoms. The van der Waals surface area contributed by atoms with Crippen LogP contribution in [-0.2, 0) is 113 Å². The number of methoxy groups -OCH3 is 5. The topological polar surface area (TPSA) is 267 Å². The van der Waals surface area contributed by atoms with Gasteiger partial charge in [0.25, 0.3) is 5.91 Å². The van der Waals surface area contributed by atoms with Gasteiger partial charge in [0.05, 0.1) is 31.5 Å². The molecule has 1 amide bonds. The quantitative estimate of drug-likeness (QED) is 0.0630. The van der Waals surface area contributed by atoms with Gasteiger partial charge in [-0.15, -0.1) is 0 Å². The third-order valence-corrected chi connectivity index (χ3v) is 28.2. The molecule has 4 unspecified atom stereocenters. The summed E-state index contributed by atoms with van der Waals surface area (Å²) in [5, 5.41) is 4.89. The van der Waals surface area contributed by atoms with Gasteiger partial charge in [-0.05, 0) is 255 Å². The number of guanidine groups is 4. The highest BCUT2D eigenvalue weighted by Gasteiger charge is 2.69. The number of nitrogens with zero attached hydrogens (tertiary/aromatic N) is 8. The van der Waals surface area contributed by atoms with E-state index in [1.54, 1.807) is 41.4 Å². The van der Waals surface area contributed by atoms with E-state index in [0.29, 0.717) is 54.7 Å². The van der Waals surface area contributed by atoms with Gasteiger partial charge in [0, 0.05) is 94.0 Å². The van der Waals surface area contributed by atoms with Crippen molar-refractivity contribution in [2.75, 3.05) is 56.7 Å². The largest absolute Gasteiger partial charge is 0.497 e. The Balaban J connectivity index is 0.000000126. The molecule has 4 saturated carbocycles. The number of hydroxylamine groups is 6. The van der Waals surface area contributed by atoms with Crippen LogP contribution in [0.4, 0.5) is 0 Å². The molecule has 17 rings (SSSR count). The van der Waals surface area contributed by atoms with E-state index in [-0.39, 0.29) is 39.7 Å². The molecule has 8 aliphatic carbocycles. The Morgan fingerprint density at radius 3 is 1.20 bits per heavy atom. The maximum Gasteiger partial charge on any atom is 0.262 e. The summed E-state index contributed by atoms with van der Waals surface area (Å²) in [7, 11) is 14.4. The van der Waals surface area contributed by atoms with Crippen LogP contribution in [0.3, 0.4) is 0 Å². The molecule has 0 radical (unpaired) electrons. The predicted octanol–water partition coefficient (Wildman–Crippen LogP) is 14.5. The first kappa shape index (κ1) is 81.7. The maximum absolute atomic E-state index is 14.0. The van der Waals surface area contributed by atoms with Gasteiger partial charge in [0.2, 0.25) is 35.1 Å². The SMILES string of the molecule is CCCCCc1ccc2c(c1)C1(N=C(N)N(C(C)C)C1=O)C1(CCC(OC)CC1)C2.CCc1ccc2c(c1)C1(N=C(N)N(C)O1)C1(CCC(OC)CC1)C2.COC1CCC2(CC1)Cc1ccc(CCC(C)C)cc1C21N=C(N)N(C)O1.COc1ccc(COc2ccc3c(c2)C2(N=C(N)N(C)O2)C2(CCC(OC)CC2)C3)cc1. The minimum atomic E-state index is -0.865. The summed E-state index contributed by atoms with van der Waals surface area (Å²) in [4.78, 5) is 54.9. The van der Waals surface area contributed by atoms with Crippen molar-refractivity contribution in [2.24, 2.45) is 70.5 Å². The molecule has 8 spiro atoms. The highest BCUT2D eigenvalue weighted by Crippen LogP contribution is 2.67. The van der Waals surface area contributed by atoms with Crippen molar-refractivity contribution in [3.63, 3.8) is 0 Å². The van der Waals surface area contributed by atoms with E-state index in [2.05, 4.69) is 94.4 Å². The fourth-order valence-electron chi connectivity index (χ4n) is 21.6. The Bertz CT molecular complexity index is 4360. The lowest BCUT2D eigenvalue weighted by atomic mass is 9.61. The molecule has 0 aromatic heterocycles. The zero-order chi connectivity index (χ0) is 80.0. The van der Waals surface area contributed by atoms with E-state index in [9.17, 15) is 4.79 Å². The van der Waals surface area contributed by atoms with E-state index >= 15 is 0 Å². The molecule has 12 aliphatic rings. The van der Waals surface area contributed by atoms with Crippen LogP contribution in [0.25, 0.3) is 0 Å². The molecule has 0 saturated heterocycles. The molecule has 4 heterocycles. The number of amides is 1. The summed E-state index contributed by atoms with van der Waals surface area (Å²) in [5.74, 6) is 4.15. The number of nitrogens with two attached hydrogens (primary N) is 4. The van der Waals surface area contributed by atoms with Gasteiger partial charge in [0.1, 0.15) is 18.1 Å². The fourth-order valence-corrected chi connectivity index (χ4v) is 21.6. The highest BCUT2D eigenvalue weighted by molar-refractivity contribution is 6.08. The first-order valence-electron chi connectivity index (χ1n) is 42.2. The first-order valence-corrected chi connectivity index (χ1v) is 42.2. The summed E-state index contributed by atoms with van der Waals surface area (Å²) in [6.45, 7) is 13.5. The van der Waals surface area contributed by atoms with E-state index < -0.39 is 22.7 Å². The lowest BCUT2D eigenvalue weighted by Gasteiger charge is -2.45. The molecule has 4 atom stereocenters. The van der Waals surface area contributed by atoms with Gasteiger partial charge in [-0.3, -0.25) is 9.69 Å². The number of aliphatic imine (C=N–C) groups is 4. The van der Waals surface area contributed by atoms with E-state index in [1.807, 2.05) is 79.5 Å². The van der Waals surface area contributed by atoms with Crippen LogP contribution >= 0.6 is 0 Å². The summed E-state index contributed by atoms with van der Waals surface area (Å²) < 4.78 is 33.9. The Kier molecular flexibility index (Phi) is 23.6. The molecule has 612 valence electrons. The van der Waals surface area contributed by atoms with Crippen molar-refractivity contribution in [3.8, 4) is 11.5 Å². The standard InChI is InChI=1S/C25H31N3O4.C25H37N3O2.C22H33N3O2.C19H27N3O2/c1-28-23(26)27-25(32-28)22-14-21(31-16-17-4-7-19(29-2)8-5-17)9-6-18(22)15-24(25)12-10-20(30-3)11-13-24;1-5-6-7-8-18-9-10-19-16-24(13-11-20(30-4)12-14-24)25(21(19)15-18)22(29)28(17(2)3)23(26)27-25;1-15(2)5-6-16-7-8-17-14-21(11-9-18(26-4)10-12-21)22(19(17)13-16)24-20(23)25(3)27-22;1-4-13-5-6-14-12-18(9-7-15(23-3)8-10-18)19(16(14)11-13)21-17(20)22(2)24-19/h4-9,14,20H,10-13,15-16H2,1-3H3,(H2,26,27);9-10,15,17,20H,5-8,11-14,16H2,1-4H3,(H2,26,27);7-8,13,15,18H,5-6,9-12,14H2,1-4H3,(H2,23,24);5-6,11,15H,4,7-10,12H2,1-3H3,(H2,20,21). The minimum Gasteiger partial charge on any atom is -0.497 e. The lowest BCUT2D eigenvalue weighted by Crippen LogP contribution is -2.53. The van der Waals surface area contributed by atoms with Crippen molar-refractivity contribution in [2.45, 2.75) is 275 Å². The smallest absolute Gasteiger partial charge is 0.262 e. The molecule has 113 heavy (non-hydrogen) atoms. The molecule has 4 aliphatic heterocycles. The number of carbonyl (C=O) groups excluding carboxylic acids is 1. The van der Waals surface area contributed by atoms with E-state index in [0.717, 1.165) is 176 Å². The maximum atomic E-state index is 14.0. The molecule has 22 heteroatoms. The van der Waals surface area contributed by atoms with Crippen molar-refractivity contribution < 1.29 is 47.7 Å². The number of aryl methyl sites for hydroxylation is 3. The third kappa shape index (κ3) is 14.5. The van der Waals surface area contributed by atoms with Crippen LogP contribution in [0, 0.1) is 27.6 Å². The normalized spacial score (nSPS) is 31.5. The Morgan fingerprint density at radius 2 is 0.814 bits per heavy atom. The van der Waals surface area contributed by atoms with Crippen molar-refractivity contribution in [1.29, 1.82) is 0 Å². The van der Waals surface area contributed by atoms with E-state index in [4.69, 9.17) is 85.8 Å². The van der Waals surface area contributed by atoms with Crippen LogP contribution in [0.5, 0.6) is 11.5 Å². The molecule has 5 aromatic carbocycles. The Morgan fingerprint density at radius 1 is 0.442 bits per heavy atom. The number of unbranched alkanes of at least 4 members (excludes halogenated alkanes) is 2. The van der Waals surface area contributed by atoms with E-state index in [1.165, 1.54) is 75.8 Å². The fraction of sp³-hybridized carbons (Fsp3) is 0.615. The molecule has 5 aromatic rings. The zero-order valence-corrected chi connectivity index (χ0v) is 70.0. The van der Waals surface area contributed by atoms with Gasteiger partial charge >= 0.3 is 0 Å². The number of benzene rings is 5. The van der Waals surface area contributed by atoms with Crippen molar-refractivity contribution >= 4 is 29.7 Å². The number of carbonyl (C=O) groups is 1. The predicted molar refractivity (Wildman–Crippen MR) is 442 cm³/mol. The second-order valence-corrected chi connectivity index (χ2v) is 35.3. The summed E-state index contributed by atoms with van der Waals surface area (Å²) in [6, 6.07) is 34.7. The average Bonchev–Trinajstić information content (AvgIpc) is 1.47. The number of rotatable bonds is 17. The van der Waals surface area contributed by atoms with Crippen LogP contribution < -0.4 is 32.4 Å². The van der Waals surface area contributed by atoms with Crippen molar-refractivity contribution in [3.05, 3.63) is 164 Å². The number of fused-ring (bicyclic) bond motifs is 12. The average molecular weight is 1550 g/mol. The van der Waals surface area contributed by atoms with Gasteiger partial charge in [-0.2, -0.15) is 0 Å². The first-order chi connectivity index (χ1) is 54.3. The molecule has 8 N–H and O–H groups in total. The zero-order valence-electron chi connectivity index (χ0n) is 70.0. The van der Waals surface area contributed by atoms with Crippen LogP contribution in [-0.4, -0.2) is 137 Å². The Labute approximate surface area is 671 Å². The monoisotopic (exact) mass is 1550 g/mol. The molecular weight excluding hydrogens is 1420 g/mol. The van der Waals surface area contributed by atoms with Crippen LogP contribution in [0.15, 0.2) is 117 Å². The molecular formula is C91H128N12O10. The van der Waals surface area contributed by atoms with Crippen LogP contribution in [0.1, 0.15) is 237 Å². The molecule has 4 fully saturated rings. The minimum absolute atomic E-state index is 0.00442. The second-order valence-electron chi connectivity index (χ2n) is 35.3. The van der Waals surface area contributed by atoms with Crippen LogP contribution in [0.2, 0.25) is 0 Å². The van der Waals surface area contributed by atoms with Gasteiger partial charge < -0.3 is 51.4 Å². The molecule has 22 nitrogen and oxygen atoms in total. The summed E-state index contributed by atoms with van der Waals surface area (Å²) >= 11 is 0. The van der Waals surface area contributed by atoms with Gasteiger partial charge in [0.15, 0.2) is 11.5 Å². The number of hydrogen-bond donors (Lipinski definition) is 4. The van der Waals surface area contributed by atoms with Gasteiger partial charge in [-0.1, -0.05) is 113 Å². The second kappa shape index (κ2) is 32.7. The number of hydrogen-bond acceptors (Lipinski definition) is 21. The Hall–Kier alpha value is -7.83. The summed E-state index contributed by atoms with van der Waals surface area (Å²) in [6.07, 6.45) is 29.3. The van der Waals surface area contributed by atoms with Gasteiger partial charge in [-0.25, -0.2) is 49.7 Å².